The maximum absolute atomic E-state index is 13.1. The lowest BCUT2D eigenvalue weighted by Crippen LogP contribution is -2.39. The van der Waals surface area contributed by atoms with Gasteiger partial charge in [0.15, 0.2) is 0 Å². The van der Waals surface area contributed by atoms with E-state index in [4.69, 9.17) is 17.3 Å². The van der Waals surface area contributed by atoms with Crippen LogP contribution in [0.1, 0.15) is 21.9 Å². The lowest BCUT2D eigenvalue weighted by Gasteiger charge is -2.24. The van der Waals surface area contributed by atoms with Crippen molar-refractivity contribution in [3.8, 4) is 10.4 Å². The van der Waals surface area contributed by atoms with Crippen LogP contribution >= 0.6 is 22.9 Å². The second kappa shape index (κ2) is 5.54. The summed E-state index contributed by atoms with van der Waals surface area (Å²) in [7, 11) is 0. The van der Waals surface area contributed by atoms with Crippen LogP contribution in [0.15, 0.2) is 24.3 Å². The van der Waals surface area contributed by atoms with Gasteiger partial charge in [0.05, 0.1) is 15.3 Å². The zero-order valence-electron chi connectivity index (χ0n) is 13.7. The van der Waals surface area contributed by atoms with Crippen molar-refractivity contribution in [2.24, 2.45) is 17.1 Å². The smallest absolute Gasteiger partial charge is 0.274 e. The summed E-state index contributed by atoms with van der Waals surface area (Å²) in [4.78, 5) is 31.8. The van der Waals surface area contributed by atoms with E-state index in [9.17, 15) is 9.59 Å². The number of likely N-dealkylation sites (tertiary alicyclic amines) is 1. The summed E-state index contributed by atoms with van der Waals surface area (Å²) in [6, 6.07) is 7.10. The molecule has 1 aromatic heterocycles. The van der Waals surface area contributed by atoms with Gasteiger partial charge in [-0.3, -0.25) is 9.59 Å². The lowest BCUT2D eigenvalue weighted by atomic mass is 10.1. The minimum Gasteiger partial charge on any atom is -0.369 e. The monoisotopic (exact) mass is 374 g/mol. The molecule has 3 atom stereocenters. The normalized spacial score (nSPS) is 27.2. The van der Waals surface area contributed by atoms with Crippen LogP contribution in [-0.2, 0) is 4.79 Å². The van der Waals surface area contributed by atoms with Crippen LogP contribution in [0.25, 0.3) is 10.4 Å². The highest BCUT2D eigenvalue weighted by Crippen LogP contribution is 2.60. The zero-order valence-corrected chi connectivity index (χ0v) is 15.2. The first-order valence-electron chi connectivity index (χ1n) is 8.01. The quantitative estimate of drug-likeness (QED) is 0.897. The fourth-order valence-corrected chi connectivity index (χ4v) is 4.87. The predicted octanol–water partition coefficient (Wildman–Crippen LogP) is 2.92. The van der Waals surface area contributed by atoms with Gasteiger partial charge < -0.3 is 10.6 Å². The van der Waals surface area contributed by atoms with Gasteiger partial charge in [0.2, 0.25) is 5.91 Å². The summed E-state index contributed by atoms with van der Waals surface area (Å²) in [6.45, 7) is 6.28. The molecule has 0 unspecified atom stereocenters. The van der Waals surface area contributed by atoms with Crippen molar-refractivity contribution in [1.82, 2.24) is 9.88 Å². The van der Waals surface area contributed by atoms with Crippen molar-refractivity contribution in [3.05, 3.63) is 46.9 Å². The van der Waals surface area contributed by atoms with Crippen LogP contribution in [0.2, 0.25) is 5.02 Å². The lowest BCUT2D eigenvalue weighted by molar-refractivity contribution is -0.123. The molecule has 25 heavy (non-hydrogen) atoms. The number of aryl methyl sites for hydroxylation is 1. The summed E-state index contributed by atoms with van der Waals surface area (Å²) >= 11 is 7.54. The molecule has 0 spiro atoms. The molecule has 2 aliphatic rings. The molecule has 2 fully saturated rings. The molecule has 2 heterocycles. The van der Waals surface area contributed by atoms with Crippen molar-refractivity contribution in [2.45, 2.75) is 19.4 Å². The van der Waals surface area contributed by atoms with Crippen LogP contribution in [-0.4, -0.2) is 34.3 Å². The molecule has 5 nitrogen and oxygen atoms in total. The molecule has 7 heteroatoms. The molecule has 0 bridgehead atoms. The minimum atomic E-state index is -0.594. The zero-order chi connectivity index (χ0) is 17.9. The van der Waals surface area contributed by atoms with Gasteiger partial charge in [-0.05, 0) is 43.9 Å². The molecule has 2 amide bonds. The Hall–Kier alpha value is -1.92. The molecule has 129 valence electrons. The van der Waals surface area contributed by atoms with E-state index in [1.54, 1.807) is 11.0 Å². The average molecular weight is 375 g/mol. The number of rotatable bonds is 3. The first-order valence-corrected chi connectivity index (χ1v) is 9.20. The van der Waals surface area contributed by atoms with E-state index in [1.807, 2.05) is 25.1 Å². The van der Waals surface area contributed by atoms with E-state index >= 15 is 0 Å². The molecule has 1 aliphatic carbocycles. The first kappa shape index (κ1) is 16.5. The molecular formula is C18H17ClN3O2S. The van der Waals surface area contributed by atoms with E-state index in [0.717, 1.165) is 21.9 Å². The Kier molecular flexibility index (Phi) is 3.67. The standard InChI is InChI=1S/C18H17ClN3O2S/c1-9-13-7-18(13,17(20)24)8-22(9)16(23)14-15(25-10(2)21-14)11-4-3-5-12(19)6-11/h3-6,9,13H,1,7-8H2,2H3,(H2,20,24)/t9-,13+,18-/m0/s1. The number of fused-ring (bicyclic) bond motifs is 1. The van der Waals surface area contributed by atoms with Gasteiger partial charge in [0.1, 0.15) is 5.69 Å². The van der Waals surface area contributed by atoms with Crippen molar-refractivity contribution in [2.75, 3.05) is 6.54 Å². The molecule has 1 saturated carbocycles. The number of benzene rings is 1. The number of nitrogens with zero attached hydrogens (tertiary/aromatic N) is 2. The Balaban J connectivity index is 1.69. The van der Waals surface area contributed by atoms with Gasteiger partial charge in [0, 0.05) is 17.6 Å². The fourth-order valence-electron chi connectivity index (χ4n) is 3.78. The number of carbonyl (C=O) groups excluding carboxylic acids is 2. The summed E-state index contributed by atoms with van der Waals surface area (Å²) in [6.07, 6.45) is 0.720. The van der Waals surface area contributed by atoms with Crippen molar-refractivity contribution >= 4 is 34.8 Å². The molecule has 2 aromatic rings. The van der Waals surface area contributed by atoms with Gasteiger partial charge in [-0.25, -0.2) is 4.98 Å². The number of hydrogen-bond acceptors (Lipinski definition) is 4. The van der Waals surface area contributed by atoms with Crippen LogP contribution < -0.4 is 5.73 Å². The third-order valence-corrected chi connectivity index (χ3v) is 6.48. The number of primary amides is 1. The van der Waals surface area contributed by atoms with Gasteiger partial charge >= 0.3 is 0 Å². The minimum absolute atomic E-state index is 0.0586. The molecule has 1 aliphatic heterocycles. The Morgan fingerprint density at radius 2 is 2.24 bits per heavy atom. The maximum atomic E-state index is 13.1. The van der Waals surface area contributed by atoms with Crippen molar-refractivity contribution < 1.29 is 9.59 Å². The SMILES string of the molecule is [CH2][C@H]1[C@H]2C[C@]2(C(N)=O)CN1C(=O)c1nc(C)sc1-c1cccc(Cl)c1. The van der Waals surface area contributed by atoms with Crippen LogP contribution in [0.5, 0.6) is 0 Å². The summed E-state index contributed by atoms with van der Waals surface area (Å²) in [5.41, 5.74) is 6.20. The van der Waals surface area contributed by atoms with E-state index < -0.39 is 5.41 Å². The Morgan fingerprint density at radius 3 is 2.88 bits per heavy atom. The number of amides is 2. The number of hydrogen-bond donors (Lipinski definition) is 1. The van der Waals surface area contributed by atoms with Gasteiger partial charge in [-0.1, -0.05) is 23.7 Å². The highest BCUT2D eigenvalue weighted by atomic mass is 35.5. The highest BCUT2D eigenvalue weighted by Gasteiger charge is 2.68. The number of halogens is 1. The molecule has 1 radical (unpaired) electrons. The Labute approximate surface area is 154 Å². The third kappa shape index (κ3) is 2.47. The van der Waals surface area contributed by atoms with Crippen molar-refractivity contribution in [1.29, 1.82) is 0 Å². The average Bonchev–Trinajstić information content (AvgIpc) is 3.07. The number of aromatic nitrogens is 1. The second-order valence-corrected chi connectivity index (χ2v) is 8.39. The summed E-state index contributed by atoms with van der Waals surface area (Å²) in [5.74, 6) is -0.485. The van der Waals surface area contributed by atoms with Gasteiger partial charge in [-0.15, -0.1) is 11.3 Å². The molecule has 1 saturated heterocycles. The maximum Gasteiger partial charge on any atom is 0.274 e. The molecular weight excluding hydrogens is 358 g/mol. The topological polar surface area (TPSA) is 76.3 Å². The van der Waals surface area contributed by atoms with E-state index in [1.165, 1.54) is 11.3 Å². The number of nitrogens with two attached hydrogens (primary N) is 1. The fraction of sp³-hybridized carbons (Fsp3) is 0.333. The number of carbonyl (C=O) groups is 2. The second-order valence-electron chi connectivity index (χ2n) is 6.75. The van der Waals surface area contributed by atoms with E-state index in [-0.39, 0.29) is 23.8 Å². The Morgan fingerprint density at radius 1 is 1.48 bits per heavy atom. The Bertz CT molecular complexity index is 896. The molecule has 2 N–H and O–H groups in total. The van der Waals surface area contributed by atoms with Gasteiger partial charge in [0.25, 0.3) is 5.91 Å². The van der Waals surface area contributed by atoms with Crippen molar-refractivity contribution in [3.63, 3.8) is 0 Å². The third-order valence-electron chi connectivity index (χ3n) is 5.23. The molecule has 4 rings (SSSR count). The van der Waals surface area contributed by atoms with E-state index in [0.29, 0.717) is 17.3 Å². The first-order chi connectivity index (χ1) is 11.8. The number of piperidine rings is 1. The van der Waals surface area contributed by atoms with Crippen LogP contribution in [0, 0.1) is 25.2 Å². The van der Waals surface area contributed by atoms with Gasteiger partial charge in [-0.2, -0.15) is 0 Å². The molecule has 1 aromatic carbocycles. The highest BCUT2D eigenvalue weighted by molar-refractivity contribution is 7.15. The van der Waals surface area contributed by atoms with Crippen LogP contribution in [0.3, 0.4) is 0 Å². The largest absolute Gasteiger partial charge is 0.369 e. The number of thiazole rings is 1. The predicted molar refractivity (Wildman–Crippen MR) is 97.2 cm³/mol. The van der Waals surface area contributed by atoms with E-state index in [2.05, 4.69) is 11.9 Å². The summed E-state index contributed by atoms with van der Waals surface area (Å²) in [5, 5.41) is 1.40. The summed E-state index contributed by atoms with van der Waals surface area (Å²) < 4.78 is 0. The van der Waals surface area contributed by atoms with Crippen LogP contribution in [0.4, 0.5) is 0 Å².